The summed E-state index contributed by atoms with van der Waals surface area (Å²) in [6.45, 7) is 3.74. The summed E-state index contributed by atoms with van der Waals surface area (Å²) < 4.78 is 5.06. The molecule has 2 heterocycles. The maximum Gasteiger partial charge on any atom is 0.409 e. The highest BCUT2D eigenvalue weighted by molar-refractivity contribution is 5.68. The zero-order valence-electron chi connectivity index (χ0n) is 11.1. The fourth-order valence-corrected chi connectivity index (χ4v) is 3.00. The van der Waals surface area contributed by atoms with Crippen LogP contribution in [0.2, 0.25) is 0 Å². The Morgan fingerprint density at radius 1 is 1.47 bits per heavy atom. The number of nitrogens with zero attached hydrogens (tertiary/aromatic N) is 2. The second-order valence-corrected chi connectivity index (χ2v) is 5.12. The summed E-state index contributed by atoms with van der Waals surface area (Å²) in [4.78, 5) is 18.1. The molecule has 1 fully saturated rings. The van der Waals surface area contributed by atoms with E-state index in [2.05, 4.69) is 23.2 Å². The van der Waals surface area contributed by atoms with Gasteiger partial charge in [0.05, 0.1) is 12.3 Å². The highest BCUT2D eigenvalue weighted by Gasteiger charge is 2.40. The number of carbonyl (C=O) groups excluding carboxylic acids is 1. The zero-order valence-corrected chi connectivity index (χ0v) is 11.1. The van der Waals surface area contributed by atoms with Crippen LogP contribution in [0.3, 0.4) is 0 Å². The van der Waals surface area contributed by atoms with E-state index in [1.807, 2.05) is 19.2 Å². The van der Waals surface area contributed by atoms with Crippen LogP contribution >= 0.6 is 0 Å². The van der Waals surface area contributed by atoms with Crippen LogP contribution < -0.4 is 0 Å². The van der Waals surface area contributed by atoms with Gasteiger partial charge in [-0.1, -0.05) is 18.2 Å². The topological polar surface area (TPSA) is 42.4 Å². The van der Waals surface area contributed by atoms with Crippen LogP contribution in [0.4, 0.5) is 4.79 Å². The van der Waals surface area contributed by atoms with E-state index in [0.29, 0.717) is 6.61 Å². The number of hydrogen-bond donors (Lipinski definition) is 0. The number of rotatable bonds is 1. The number of ether oxygens (including phenoxy) is 1. The van der Waals surface area contributed by atoms with Gasteiger partial charge in [0.2, 0.25) is 0 Å². The van der Waals surface area contributed by atoms with Crippen LogP contribution in [0.25, 0.3) is 6.08 Å². The van der Waals surface area contributed by atoms with Crippen molar-refractivity contribution in [2.24, 2.45) is 0 Å². The molecule has 0 radical (unpaired) electrons. The van der Waals surface area contributed by atoms with E-state index in [1.54, 1.807) is 4.90 Å². The molecule has 0 aromatic carbocycles. The Bertz CT molecular complexity index is 517. The van der Waals surface area contributed by atoms with Gasteiger partial charge in [-0.3, -0.25) is 4.98 Å². The van der Waals surface area contributed by atoms with E-state index >= 15 is 0 Å². The average Bonchev–Trinajstić information content (AvgIpc) is 2.80. The smallest absolute Gasteiger partial charge is 0.409 e. The summed E-state index contributed by atoms with van der Waals surface area (Å²) in [5.74, 6) is 0. The molecule has 1 aromatic rings. The predicted molar refractivity (Wildman–Crippen MR) is 72.8 cm³/mol. The highest BCUT2D eigenvalue weighted by Crippen LogP contribution is 2.42. The van der Waals surface area contributed by atoms with Crippen molar-refractivity contribution in [3.05, 3.63) is 35.7 Å². The Morgan fingerprint density at radius 3 is 3.00 bits per heavy atom. The van der Waals surface area contributed by atoms with Crippen molar-refractivity contribution in [2.75, 3.05) is 19.7 Å². The molecule has 1 aromatic heterocycles. The van der Waals surface area contributed by atoms with Crippen LogP contribution in [0.15, 0.2) is 24.4 Å². The van der Waals surface area contributed by atoms with Crippen LogP contribution in [0.1, 0.15) is 31.0 Å². The van der Waals surface area contributed by atoms with Gasteiger partial charge in [0.25, 0.3) is 0 Å². The molecule has 0 bridgehead atoms. The third-order valence-corrected chi connectivity index (χ3v) is 4.07. The number of piperidine rings is 1. The molecule has 3 rings (SSSR count). The zero-order chi connectivity index (χ0) is 13.3. The third-order valence-electron chi connectivity index (χ3n) is 4.07. The Balaban J connectivity index is 1.74. The van der Waals surface area contributed by atoms with E-state index in [4.69, 9.17) is 4.74 Å². The molecule has 1 spiro atoms. The van der Waals surface area contributed by atoms with Gasteiger partial charge in [-0.15, -0.1) is 0 Å². The summed E-state index contributed by atoms with van der Waals surface area (Å²) in [5.41, 5.74) is 2.41. The van der Waals surface area contributed by atoms with Crippen LogP contribution in [-0.2, 0) is 10.2 Å². The normalized spacial score (nSPS) is 19.5. The lowest BCUT2D eigenvalue weighted by Crippen LogP contribution is -2.44. The van der Waals surface area contributed by atoms with Crippen LogP contribution in [0.5, 0.6) is 0 Å². The number of pyridine rings is 1. The van der Waals surface area contributed by atoms with Crippen molar-refractivity contribution in [3.8, 4) is 0 Å². The summed E-state index contributed by atoms with van der Waals surface area (Å²) in [6.07, 6.45) is 7.92. The summed E-state index contributed by atoms with van der Waals surface area (Å²) in [7, 11) is 0. The monoisotopic (exact) mass is 258 g/mol. The Morgan fingerprint density at radius 2 is 2.26 bits per heavy atom. The average molecular weight is 258 g/mol. The molecule has 4 heteroatoms. The molecule has 19 heavy (non-hydrogen) atoms. The third kappa shape index (κ3) is 2.01. The van der Waals surface area contributed by atoms with Gasteiger partial charge in [0.1, 0.15) is 0 Å². The van der Waals surface area contributed by atoms with Crippen molar-refractivity contribution < 1.29 is 9.53 Å². The molecular weight excluding hydrogens is 240 g/mol. The Kier molecular flexibility index (Phi) is 3.01. The number of carbonyl (C=O) groups is 1. The predicted octanol–water partition coefficient (Wildman–Crippen LogP) is 2.60. The van der Waals surface area contributed by atoms with Gasteiger partial charge in [-0.2, -0.15) is 0 Å². The van der Waals surface area contributed by atoms with Crippen molar-refractivity contribution >= 4 is 12.2 Å². The molecule has 0 saturated carbocycles. The largest absolute Gasteiger partial charge is 0.450 e. The Labute approximate surface area is 113 Å². The molecule has 4 nitrogen and oxygen atoms in total. The van der Waals surface area contributed by atoms with E-state index in [-0.39, 0.29) is 11.5 Å². The minimum Gasteiger partial charge on any atom is -0.450 e. The van der Waals surface area contributed by atoms with Crippen molar-refractivity contribution in [2.45, 2.75) is 25.2 Å². The summed E-state index contributed by atoms with van der Waals surface area (Å²) in [5, 5.41) is 0. The fraction of sp³-hybridized carbons (Fsp3) is 0.467. The molecule has 0 N–H and O–H groups in total. The van der Waals surface area contributed by atoms with Gasteiger partial charge < -0.3 is 9.64 Å². The van der Waals surface area contributed by atoms with Gasteiger partial charge in [-0.25, -0.2) is 4.79 Å². The highest BCUT2D eigenvalue weighted by atomic mass is 16.6. The minimum absolute atomic E-state index is 0.0274. The molecule has 1 amide bonds. The first-order chi connectivity index (χ1) is 9.25. The molecule has 1 aliphatic carbocycles. The molecule has 1 saturated heterocycles. The maximum absolute atomic E-state index is 11.7. The number of amides is 1. The van der Waals surface area contributed by atoms with Crippen molar-refractivity contribution in [1.29, 1.82) is 0 Å². The van der Waals surface area contributed by atoms with E-state index in [1.165, 1.54) is 11.3 Å². The van der Waals surface area contributed by atoms with Gasteiger partial charge in [-0.05, 0) is 31.4 Å². The number of allylic oxidation sites excluding steroid dienone is 1. The summed E-state index contributed by atoms with van der Waals surface area (Å²) >= 11 is 0. The van der Waals surface area contributed by atoms with Crippen molar-refractivity contribution in [3.63, 3.8) is 0 Å². The number of likely N-dealkylation sites (tertiary alicyclic amines) is 1. The number of fused-ring (bicyclic) bond motifs is 2. The first kappa shape index (κ1) is 12.2. The van der Waals surface area contributed by atoms with Crippen LogP contribution in [0, 0.1) is 0 Å². The SMILES string of the molecule is CCOC(=O)N1CCC2(C=Cc3cccnc32)CC1. The van der Waals surface area contributed by atoms with Crippen molar-refractivity contribution in [1.82, 2.24) is 9.88 Å². The van der Waals surface area contributed by atoms with E-state index in [9.17, 15) is 4.79 Å². The van der Waals surface area contributed by atoms with Gasteiger partial charge in [0, 0.05) is 24.7 Å². The van der Waals surface area contributed by atoms with Gasteiger partial charge in [0.15, 0.2) is 0 Å². The first-order valence-electron chi connectivity index (χ1n) is 6.82. The molecule has 1 aliphatic heterocycles. The number of aromatic nitrogens is 1. The van der Waals surface area contributed by atoms with Crippen LogP contribution in [-0.4, -0.2) is 35.7 Å². The maximum atomic E-state index is 11.7. The first-order valence-corrected chi connectivity index (χ1v) is 6.82. The lowest BCUT2D eigenvalue weighted by molar-refractivity contribution is 0.0914. The minimum atomic E-state index is -0.194. The second kappa shape index (κ2) is 4.68. The van der Waals surface area contributed by atoms with E-state index < -0.39 is 0 Å². The quantitative estimate of drug-likeness (QED) is 0.777. The summed E-state index contributed by atoms with van der Waals surface area (Å²) in [6, 6.07) is 4.07. The van der Waals surface area contributed by atoms with Gasteiger partial charge >= 0.3 is 6.09 Å². The lowest BCUT2D eigenvalue weighted by atomic mass is 9.77. The van der Waals surface area contributed by atoms with E-state index in [0.717, 1.165) is 25.9 Å². The molecule has 0 atom stereocenters. The molecule has 100 valence electrons. The molecular formula is C15H18N2O2. The number of hydrogen-bond acceptors (Lipinski definition) is 3. The lowest BCUT2D eigenvalue weighted by Gasteiger charge is -2.37. The molecule has 2 aliphatic rings. The Hall–Kier alpha value is -1.84. The molecule has 0 unspecified atom stereocenters. The standard InChI is InChI=1S/C15H18N2O2/c1-2-19-14(18)17-10-7-15(8-11-17)6-5-12-4-3-9-16-13(12)15/h3-6,9H,2,7-8,10-11H2,1H3. The second-order valence-electron chi connectivity index (χ2n) is 5.12. The fourth-order valence-electron chi connectivity index (χ4n) is 3.00.